The Bertz CT molecular complexity index is 236. The summed E-state index contributed by atoms with van der Waals surface area (Å²) in [7, 11) is 0. The second-order valence-electron chi connectivity index (χ2n) is 7.06. The normalized spacial score (nSPS) is 16.0. The van der Waals surface area contributed by atoms with Gasteiger partial charge < -0.3 is 21.1 Å². The number of aliphatic hydroxyl groups excluding tert-OH is 3. The van der Waals surface area contributed by atoms with Gasteiger partial charge >= 0.3 is 0 Å². The van der Waals surface area contributed by atoms with Crippen LogP contribution in [0.4, 0.5) is 0 Å². The summed E-state index contributed by atoms with van der Waals surface area (Å²) < 4.78 is 0. The average Bonchev–Trinajstić information content (AvgIpc) is 2.50. The molecular weight excluding hydrogens is 278 g/mol. The van der Waals surface area contributed by atoms with Gasteiger partial charge in [0.15, 0.2) is 0 Å². The lowest BCUT2D eigenvalue weighted by atomic mass is 9.99. The number of hydrogen-bond donors (Lipinski definition) is 4. The fourth-order valence-corrected chi connectivity index (χ4v) is 2.71. The number of aliphatic hydroxyl groups is 3. The van der Waals surface area contributed by atoms with Gasteiger partial charge in [0.2, 0.25) is 0 Å². The van der Waals surface area contributed by atoms with Crippen molar-refractivity contribution in [3.05, 3.63) is 0 Å². The van der Waals surface area contributed by atoms with Crippen molar-refractivity contribution in [2.24, 2.45) is 11.7 Å². The molecule has 0 rings (SSSR count). The fourth-order valence-electron chi connectivity index (χ4n) is 2.71. The number of unbranched alkanes of at least 4 members (excludes halogenated alkanes) is 8. The molecule has 4 heteroatoms. The van der Waals surface area contributed by atoms with Gasteiger partial charge in [0.05, 0.1) is 24.9 Å². The summed E-state index contributed by atoms with van der Waals surface area (Å²) in [5.74, 6) is 0.834. The lowest BCUT2D eigenvalue weighted by Crippen LogP contribution is -2.45. The maximum Gasteiger partial charge on any atom is 0.0971 e. The molecule has 0 aromatic carbocycles. The Morgan fingerprint density at radius 2 is 1.14 bits per heavy atom. The predicted octanol–water partition coefficient (Wildman–Crippen LogP) is 2.97. The molecule has 0 saturated carbocycles. The molecule has 0 aliphatic carbocycles. The summed E-state index contributed by atoms with van der Waals surface area (Å²) in [6.45, 7) is 4.27. The second-order valence-corrected chi connectivity index (χ2v) is 7.06. The van der Waals surface area contributed by atoms with Gasteiger partial charge in [-0.3, -0.25) is 0 Å². The Hall–Kier alpha value is -0.160. The topological polar surface area (TPSA) is 86.7 Å². The molecule has 0 unspecified atom stereocenters. The lowest BCUT2D eigenvalue weighted by molar-refractivity contribution is -0.0121. The minimum absolute atomic E-state index is 0.296. The van der Waals surface area contributed by atoms with Crippen LogP contribution >= 0.6 is 0 Å². The highest BCUT2D eigenvalue weighted by atomic mass is 16.3. The van der Waals surface area contributed by atoms with Crippen LogP contribution in [0.3, 0.4) is 0 Å². The van der Waals surface area contributed by atoms with Crippen LogP contribution in [0.1, 0.15) is 84.5 Å². The first kappa shape index (κ1) is 21.8. The van der Waals surface area contributed by atoms with Gasteiger partial charge in [-0.1, -0.05) is 78.1 Å². The average molecular weight is 318 g/mol. The van der Waals surface area contributed by atoms with E-state index in [1.165, 1.54) is 51.4 Å². The summed E-state index contributed by atoms with van der Waals surface area (Å²) >= 11 is 0. The van der Waals surface area contributed by atoms with Gasteiger partial charge in [-0.05, 0) is 12.3 Å². The predicted molar refractivity (Wildman–Crippen MR) is 92.7 cm³/mol. The van der Waals surface area contributed by atoms with E-state index in [0.717, 1.165) is 18.8 Å². The van der Waals surface area contributed by atoms with Crippen LogP contribution in [0.15, 0.2) is 0 Å². The molecule has 0 heterocycles. The van der Waals surface area contributed by atoms with E-state index in [4.69, 9.17) is 10.8 Å². The van der Waals surface area contributed by atoms with Crippen LogP contribution in [0, 0.1) is 5.92 Å². The van der Waals surface area contributed by atoms with Crippen molar-refractivity contribution in [3.63, 3.8) is 0 Å². The molecule has 134 valence electrons. The maximum absolute atomic E-state index is 9.74. The van der Waals surface area contributed by atoms with Crippen molar-refractivity contribution in [2.45, 2.75) is 103 Å². The lowest BCUT2D eigenvalue weighted by Gasteiger charge is -2.22. The SMILES string of the molecule is CC(C)CCCCCCCCCCC[C@@H](O)[C@@H](O)[C@@H](N)CO. The van der Waals surface area contributed by atoms with Crippen LogP contribution in [-0.4, -0.2) is 40.2 Å². The first-order valence-corrected chi connectivity index (χ1v) is 9.21. The summed E-state index contributed by atoms with van der Waals surface area (Å²) in [6, 6.07) is -0.745. The summed E-state index contributed by atoms with van der Waals surface area (Å²) in [6.07, 6.45) is 11.3. The van der Waals surface area contributed by atoms with Gasteiger partial charge in [-0.2, -0.15) is 0 Å². The monoisotopic (exact) mass is 317 g/mol. The van der Waals surface area contributed by atoms with E-state index >= 15 is 0 Å². The molecule has 0 aliphatic rings. The number of hydrogen-bond acceptors (Lipinski definition) is 4. The Morgan fingerprint density at radius 1 is 0.727 bits per heavy atom. The molecule has 0 radical (unpaired) electrons. The van der Waals surface area contributed by atoms with Gasteiger partial charge in [0, 0.05) is 0 Å². The molecule has 5 N–H and O–H groups in total. The third-order valence-electron chi connectivity index (χ3n) is 4.33. The molecule has 0 fully saturated rings. The highest BCUT2D eigenvalue weighted by Gasteiger charge is 2.22. The quantitative estimate of drug-likeness (QED) is 0.350. The Balaban J connectivity index is 3.30. The van der Waals surface area contributed by atoms with E-state index < -0.39 is 18.2 Å². The molecule has 3 atom stereocenters. The molecule has 0 saturated heterocycles. The molecule has 0 aliphatic heterocycles. The van der Waals surface area contributed by atoms with Crippen LogP contribution < -0.4 is 5.73 Å². The molecule has 0 aromatic heterocycles. The van der Waals surface area contributed by atoms with Crippen molar-refractivity contribution in [2.75, 3.05) is 6.61 Å². The summed E-state index contributed by atoms with van der Waals surface area (Å²) in [5.41, 5.74) is 5.49. The molecule has 22 heavy (non-hydrogen) atoms. The van der Waals surface area contributed by atoms with Crippen molar-refractivity contribution in [1.82, 2.24) is 0 Å². The van der Waals surface area contributed by atoms with Crippen LogP contribution in [0.25, 0.3) is 0 Å². The Labute approximate surface area is 137 Å². The van der Waals surface area contributed by atoms with Gasteiger partial charge in [-0.15, -0.1) is 0 Å². The van der Waals surface area contributed by atoms with Crippen molar-refractivity contribution in [1.29, 1.82) is 0 Å². The van der Waals surface area contributed by atoms with Crippen LogP contribution in [0.2, 0.25) is 0 Å². The van der Waals surface area contributed by atoms with Crippen molar-refractivity contribution in [3.8, 4) is 0 Å². The molecule has 0 bridgehead atoms. The third kappa shape index (κ3) is 12.4. The van der Waals surface area contributed by atoms with E-state index in [9.17, 15) is 10.2 Å². The van der Waals surface area contributed by atoms with Crippen molar-refractivity contribution >= 4 is 0 Å². The van der Waals surface area contributed by atoms with Gasteiger partial charge in [0.1, 0.15) is 0 Å². The van der Waals surface area contributed by atoms with E-state index in [1.54, 1.807) is 0 Å². The molecule has 0 aromatic rings. The van der Waals surface area contributed by atoms with Crippen LogP contribution in [-0.2, 0) is 0 Å². The van der Waals surface area contributed by atoms with E-state index in [-0.39, 0.29) is 6.61 Å². The molecular formula is C18H39NO3. The third-order valence-corrected chi connectivity index (χ3v) is 4.33. The molecule has 0 spiro atoms. The van der Waals surface area contributed by atoms with Crippen molar-refractivity contribution < 1.29 is 15.3 Å². The second kappa shape index (κ2) is 14.4. The highest BCUT2D eigenvalue weighted by molar-refractivity contribution is 4.77. The largest absolute Gasteiger partial charge is 0.395 e. The zero-order chi connectivity index (χ0) is 16.8. The fraction of sp³-hybridized carbons (Fsp3) is 1.00. The first-order chi connectivity index (χ1) is 10.5. The Morgan fingerprint density at radius 3 is 1.55 bits per heavy atom. The maximum atomic E-state index is 9.74. The number of nitrogens with two attached hydrogens (primary N) is 1. The minimum Gasteiger partial charge on any atom is -0.395 e. The Kier molecular flexibility index (Phi) is 14.3. The highest BCUT2D eigenvalue weighted by Crippen LogP contribution is 2.14. The molecule has 0 amide bonds. The van der Waals surface area contributed by atoms with Gasteiger partial charge in [-0.25, -0.2) is 0 Å². The molecule has 4 nitrogen and oxygen atoms in total. The minimum atomic E-state index is -1.02. The summed E-state index contributed by atoms with van der Waals surface area (Å²) in [5, 5.41) is 28.2. The first-order valence-electron chi connectivity index (χ1n) is 9.21. The smallest absolute Gasteiger partial charge is 0.0971 e. The summed E-state index contributed by atoms with van der Waals surface area (Å²) in [4.78, 5) is 0. The zero-order valence-electron chi connectivity index (χ0n) is 14.7. The van der Waals surface area contributed by atoms with E-state index in [2.05, 4.69) is 13.8 Å². The van der Waals surface area contributed by atoms with Gasteiger partial charge in [0.25, 0.3) is 0 Å². The van der Waals surface area contributed by atoms with Crippen LogP contribution in [0.5, 0.6) is 0 Å². The standard InChI is InChI=1S/C18H39NO3/c1-15(2)12-10-8-6-4-3-5-7-9-11-13-17(21)18(22)16(19)14-20/h15-18,20-22H,3-14,19H2,1-2H3/t16-,17+,18-/m0/s1. The zero-order valence-corrected chi connectivity index (χ0v) is 14.7. The van der Waals surface area contributed by atoms with E-state index in [1.807, 2.05) is 0 Å². The van der Waals surface area contributed by atoms with E-state index in [0.29, 0.717) is 6.42 Å². The number of rotatable bonds is 15.